The molecule has 0 fully saturated rings. The zero-order valence-electron chi connectivity index (χ0n) is 11.4. The molecule has 0 saturated heterocycles. The fraction of sp³-hybridized carbons (Fsp3) is 0.385. The van der Waals surface area contributed by atoms with Gasteiger partial charge in [0.25, 0.3) is 0 Å². The molecule has 20 heavy (non-hydrogen) atoms. The van der Waals surface area contributed by atoms with Crippen molar-refractivity contribution in [3.63, 3.8) is 0 Å². The number of nitrogens with zero attached hydrogens (tertiary/aromatic N) is 3. The number of hydrogen-bond acceptors (Lipinski definition) is 5. The highest BCUT2D eigenvalue weighted by atomic mass is 35.5. The number of nitrogens with one attached hydrogen (secondary N) is 1. The molecule has 0 aromatic carbocycles. The highest BCUT2D eigenvalue weighted by Crippen LogP contribution is 2.25. The van der Waals surface area contributed by atoms with Gasteiger partial charge in [-0.25, -0.2) is 9.37 Å². The Labute approximate surface area is 126 Å². The molecule has 1 N–H and O–H groups in total. The normalized spacial score (nSPS) is 10.6. The van der Waals surface area contributed by atoms with Crippen molar-refractivity contribution in [3.05, 3.63) is 33.4 Å². The fourth-order valence-corrected chi connectivity index (χ4v) is 2.83. The van der Waals surface area contributed by atoms with Crippen LogP contribution in [0.3, 0.4) is 0 Å². The molecule has 7 heteroatoms. The summed E-state index contributed by atoms with van der Waals surface area (Å²) in [6.07, 6.45) is 2.15. The van der Waals surface area contributed by atoms with Crippen molar-refractivity contribution in [2.75, 3.05) is 23.8 Å². The monoisotopic (exact) mass is 314 g/mol. The third kappa shape index (κ3) is 3.80. The second-order valence-electron chi connectivity index (χ2n) is 4.35. The van der Waals surface area contributed by atoms with Crippen LogP contribution in [0, 0.1) is 5.82 Å². The van der Waals surface area contributed by atoms with Crippen LogP contribution in [0.2, 0.25) is 4.34 Å². The van der Waals surface area contributed by atoms with Gasteiger partial charge in [0.05, 0.1) is 17.1 Å². The summed E-state index contributed by atoms with van der Waals surface area (Å²) in [6.45, 7) is 3.36. The van der Waals surface area contributed by atoms with E-state index in [1.165, 1.54) is 17.5 Å². The number of halogens is 2. The lowest BCUT2D eigenvalue weighted by atomic mass is 10.4. The van der Waals surface area contributed by atoms with Crippen molar-refractivity contribution in [2.45, 2.75) is 19.9 Å². The molecule has 2 aromatic heterocycles. The molecule has 0 unspecified atom stereocenters. The number of hydrogen-bond donors (Lipinski definition) is 1. The Morgan fingerprint density at radius 2 is 2.25 bits per heavy atom. The van der Waals surface area contributed by atoms with Crippen molar-refractivity contribution in [3.8, 4) is 0 Å². The minimum atomic E-state index is -0.433. The Morgan fingerprint density at radius 3 is 2.90 bits per heavy atom. The van der Waals surface area contributed by atoms with E-state index in [0.717, 1.165) is 22.2 Å². The standard InChI is InChI=1S/C13H16ClFN4S/c1-3-6-16-13-17-7-10(15)12(18-13)19(2)8-9-4-5-11(14)20-9/h4-5,7H,3,6,8H2,1-2H3,(H,16,17,18). The van der Waals surface area contributed by atoms with E-state index < -0.39 is 5.82 Å². The van der Waals surface area contributed by atoms with Crippen LogP contribution < -0.4 is 10.2 Å². The highest BCUT2D eigenvalue weighted by Gasteiger charge is 2.13. The maximum Gasteiger partial charge on any atom is 0.224 e. The van der Waals surface area contributed by atoms with E-state index in [-0.39, 0.29) is 5.82 Å². The molecule has 0 aliphatic heterocycles. The van der Waals surface area contributed by atoms with Crippen LogP contribution in [0.1, 0.15) is 18.2 Å². The molecule has 108 valence electrons. The quantitative estimate of drug-likeness (QED) is 0.880. The summed E-state index contributed by atoms with van der Waals surface area (Å²) in [5.74, 6) is 0.291. The summed E-state index contributed by atoms with van der Waals surface area (Å²) in [7, 11) is 1.79. The molecule has 0 atom stereocenters. The third-order valence-corrected chi connectivity index (χ3v) is 3.86. The molecular weight excluding hydrogens is 299 g/mol. The van der Waals surface area contributed by atoms with E-state index in [4.69, 9.17) is 11.6 Å². The average Bonchev–Trinajstić information content (AvgIpc) is 2.83. The van der Waals surface area contributed by atoms with Crippen molar-refractivity contribution in [1.29, 1.82) is 0 Å². The Kier molecular flexibility index (Phi) is 5.14. The molecule has 0 amide bonds. The van der Waals surface area contributed by atoms with Gasteiger partial charge in [-0.05, 0) is 18.6 Å². The van der Waals surface area contributed by atoms with Crippen LogP contribution in [0.5, 0.6) is 0 Å². The van der Waals surface area contributed by atoms with Gasteiger partial charge in [-0.15, -0.1) is 11.3 Å². The van der Waals surface area contributed by atoms with Crippen LogP contribution in [0.15, 0.2) is 18.3 Å². The Bertz CT molecular complexity index is 575. The van der Waals surface area contributed by atoms with Gasteiger partial charge in [0.2, 0.25) is 5.95 Å². The first-order valence-electron chi connectivity index (χ1n) is 6.32. The lowest BCUT2D eigenvalue weighted by Gasteiger charge is -2.18. The molecule has 0 radical (unpaired) electrons. The van der Waals surface area contributed by atoms with Crippen LogP contribution >= 0.6 is 22.9 Å². The van der Waals surface area contributed by atoms with E-state index in [1.807, 2.05) is 19.1 Å². The van der Waals surface area contributed by atoms with Crippen molar-refractivity contribution in [2.24, 2.45) is 0 Å². The van der Waals surface area contributed by atoms with Gasteiger partial charge in [-0.1, -0.05) is 18.5 Å². The minimum Gasteiger partial charge on any atom is -0.354 e. The molecule has 2 rings (SSSR count). The van der Waals surface area contributed by atoms with Crippen molar-refractivity contribution in [1.82, 2.24) is 9.97 Å². The molecule has 2 aromatic rings. The molecule has 2 heterocycles. The number of rotatable bonds is 6. The maximum absolute atomic E-state index is 13.8. The van der Waals surface area contributed by atoms with Crippen LogP contribution in [-0.4, -0.2) is 23.6 Å². The smallest absolute Gasteiger partial charge is 0.224 e. The van der Waals surface area contributed by atoms with Crippen LogP contribution in [0.25, 0.3) is 0 Å². The lowest BCUT2D eigenvalue weighted by Crippen LogP contribution is -2.19. The van der Waals surface area contributed by atoms with Crippen molar-refractivity contribution < 1.29 is 4.39 Å². The van der Waals surface area contributed by atoms with Gasteiger partial charge in [0, 0.05) is 18.5 Å². The Morgan fingerprint density at radius 1 is 1.45 bits per heavy atom. The maximum atomic E-state index is 13.8. The second-order valence-corrected chi connectivity index (χ2v) is 6.15. The average molecular weight is 315 g/mol. The summed E-state index contributed by atoms with van der Waals surface area (Å²) < 4.78 is 14.6. The van der Waals surface area contributed by atoms with Gasteiger partial charge in [-0.3, -0.25) is 0 Å². The number of thiophene rings is 1. The molecule has 0 aliphatic carbocycles. The first kappa shape index (κ1) is 15.0. The Balaban J connectivity index is 2.13. The summed E-state index contributed by atoms with van der Waals surface area (Å²) in [6, 6.07) is 3.76. The van der Waals surface area contributed by atoms with Gasteiger partial charge in [-0.2, -0.15) is 4.98 Å². The SMILES string of the molecule is CCCNc1ncc(F)c(N(C)Cc2ccc(Cl)s2)n1. The first-order valence-corrected chi connectivity index (χ1v) is 7.51. The van der Waals surface area contributed by atoms with E-state index in [2.05, 4.69) is 15.3 Å². The van der Waals surface area contributed by atoms with Crippen LogP contribution in [-0.2, 0) is 6.54 Å². The second kappa shape index (κ2) is 6.85. The summed E-state index contributed by atoms with van der Waals surface area (Å²) in [5, 5.41) is 3.05. The molecule has 0 aliphatic rings. The van der Waals surface area contributed by atoms with Gasteiger partial charge < -0.3 is 10.2 Å². The number of anilines is 2. The first-order chi connectivity index (χ1) is 9.60. The molecular formula is C13H16ClFN4S. The van der Waals surface area contributed by atoms with Gasteiger partial charge >= 0.3 is 0 Å². The lowest BCUT2D eigenvalue weighted by molar-refractivity contribution is 0.608. The molecule has 0 bridgehead atoms. The predicted molar refractivity (Wildman–Crippen MR) is 82.2 cm³/mol. The Hall–Kier alpha value is -1.40. The molecule has 4 nitrogen and oxygen atoms in total. The third-order valence-electron chi connectivity index (χ3n) is 2.64. The highest BCUT2D eigenvalue weighted by molar-refractivity contribution is 7.16. The van der Waals surface area contributed by atoms with E-state index in [0.29, 0.717) is 12.5 Å². The van der Waals surface area contributed by atoms with Gasteiger partial charge in [0.15, 0.2) is 11.6 Å². The van der Waals surface area contributed by atoms with E-state index >= 15 is 0 Å². The molecule has 0 saturated carbocycles. The molecule has 0 spiro atoms. The summed E-state index contributed by atoms with van der Waals surface area (Å²) >= 11 is 7.37. The zero-order chi connectivity index (χ0) is 14.5. The van der Waals surface area contributed by atoms with Crippen molar-refractivity contribution >= 4 is 34.7 Å². The zero-order valence-corrected chi connectivity index (χ0v) is 12.9. The largest absolute Gasteiger partial charge is 0.354 e. The van der Waals surface area contributed by atoms with E-state index in [1.54, 1.807) is 11.9 Å². The predicted octanol–water partition coefficient (Wildman–Crippen LogP) is 3.79. The van der Waals surface area contributed by atoms with Crippen LogP contribution in [0.4, 0.5) is 16.2 Å². The summed E-state index contributed by atoms with van der Waals surface area (Å²) in [5.41, 5.74) is 0. The minimum absolute atomic E-state index is 0.281. The number of aromatic nitrogens is 2. The van der Waals surface area contributed by atoms with Gasteiger partial charge in [0.1, 0.15) is 0 Å². The summed E-state index contributed by atoms with van der Waals surface area (Å²) in [4.78, 5) is 10.9. The topological polar surface area (TPSA) is 41.1 Å². The fourth-order valence-electron chi connectivity index (χ4n) is 1.69. The van der Waals surface area contributed by atoms with E-state index in [9.17, 15) is 4.39 Å².